The molecule has 6 heteroatoms. The molecule has 0 saturated carbocycles. The number of fused-ring (bicyclic) bond motifs is 1. The largest absolute Gasteiger partial charge is 0.294 e. The Morgan fingerprint density at radius 3 is 2.83 bits per heavy atom. The van der Waals surface area contributed by atoms with E-state index in [9.17, 15) is 4.39 Å². The van der Waals surface area contributed by atoms with Gasteiger partial charge in [-0.05, 0) is 19.1 Å². The summed E-state index contributed by atoms with van der Waals surface area (Å²) >= 11 is 5.96. The summed E-state index contributed by atoms with van der Waals surface area (Å²) in [5.74, 6) is 0.0728. The smallest absolute Gasteiger partial charge is 0.179 e. The first-order valence-electron chi connectivity index (χ1n) is 5.27. The van der Waals surface area contributed by atoms with Crippen molar-refractivity contribution in [3.63, 3.8) is 0 Å². The third-order valence-electron chi connectivity index (χ3n) is 2.61. The summed E-state index contributed by atoms with van der Waals surface area (Å²) in [5.41, 5.74) is 2.03. The van der Waals surface area contributed by atoms with E-state index in [1.807, 2.05) is 6.92 Å². The highest BCUT2D eigenvalue weighted by Gasteiger charge is 2.10. The molecule has 3 heterocycles. The van der Waals surface area contributed by atoms with Crippen LogP contribution in [0, 0.1) is 12.7 Å². The molecule has 0 aliphatic carbocycles. The van der Waals surface area contributed by atoms with E-state index in [1.54, 1.807) is 22.9 Å². The molecule has 18 heavy (non-hydrogen) atoms. The molecule has 4 nitrogen and oxygen atoms in total. The van der Waals surface area contributed by atoms with Crippen molar-refractivity contribution in [3.05, 3.63) is 47.3 Å². The Balaban J connectivity index is 2.24. The van der Waals surface area contributed by atoms with Crippen molar-refractivity contribution in [3.8, 4) is 11.5 Å². The molecule has 90 valence electrons. The van der Waals surface area contributed by atoms with E-state index in [2.05, 4.69) is 15.0 Å². The van der Waals surface area contributed by atoms with Crippen molar-refractivity contribution in [2.24, 2.45) is 0 Å². The molecular weight excluding hydrogens is 255 g/mol. The van der Waals surface area contributed by atoms with Crippen molar-refractivity contribution in [2.75, 3.05) is 0 Å². The lowest BCUT2D eigenvalue weighted by atomic mass is 10.3. The van der Waals surface area contributed by atoms with E-state index in [0.29, 0.717) is 22.3 Å². The lowest BCUT2D eigenvalue weighted by Crippen LogP contribution is -1.95. The van der Waals surface area contributed by atoms with E-state index >= 15 is 0 Å². The number of halogens is 2. The number of imidazole rings is 1. The summed E-state index contributed by atoms with van der Waals surface area (Å²) in [6.07, 6.45) is 4.56. The molecule has 0 spiro atoms. The first-order chi connectivity index (χ1) is 8.65. The van der Waals surface area contributed by atoms with Crippen LogP contribution in [-0.2, 0) is 0 Å². The van der Waals surface area contributed by atoms with E-state index in [0.717, 1.165) is 5.56 Å². The third-order valence-corrected chi connectivity index (χ3v) is 2.99. The number of pyridine rings is 1. The molecule has 0 fully saturated rings. The molecule has 0 atom stereocenters. The lowest BCUT2D eigenvalue weighted by Gasteiger charge is -2.02. The van der Waals surface area contributed by atoms with E-state index < -0.39 is 0 Å². The average molecular weight is 263 g/mol. The second-order valence-electron chi connectivity index (χ2n) is 3.89. The highest BCUT2D eigenvalue weighted by molar-refractivity contribution is 6.30. The predicted octanol–water partition coefficient (Wildman–Crippen LogP) is 2.89. The predicted molar refractivity (Wildman–Crippen MR) is 65.9 cm³/mol. The fraction of sp³-hybridized carbons (Fsp3) is 0.0833. The van der Waals surface area contributed by atoms with Gasteiger partial charge in [0.1, 0.15) is 22.3 Å². The maximum Gasteiger partial charge on any atom is 0.179 e. The number of hydrogen-bond acceptors (Lipinski definition) is 3. The van der Waals surface area contributed by atoms with Gasteiger partial charge in [-0.25, -0.2) is 19.3 Å². The van der Waals surface area contributed by atoms with Gasteiger partial charge in [-0.1, -0.05) is 11.6 Å². The van der Waals surface area contributed by atoms with Crippen LogP contribution in [0.1, 0.15) is 5.56 Å². The maximum absolute atomic E-state index is 13.2. The molecule has 3 aromatic heterocycles. The van der Waals surface area contributed by atoms with Crippen molar-refractivity contribution in [1.29, 1.82) is 0 Å². The maximum atomic E-state index is 13.2. The number of rotatable bonds is 1. The summed E-state index contributed by atoms with van der Waals surface area (Å²) < 4.78 is 14.8. The Labute approximate surface area is 107 Å². The topological polar surface area (TPSA) is 43.1 Å². The van der Waals surface area contributed by atoms with Crippen LogP contribution in [-0.4, -0.2) is 19.4 Å². The summed E-state index contributed by atoms with van der Waals surface area (Å²) in [5, 5.41) is 0.381. The van der Waals surface area contributed by atoms with Gasteiger partial charge >= 0.3 is 0 Å². The molecule has 0 aliphatic heterocycles. The number of hydrogen-bond donors (Lipinski definition) is 0. The summed E-state index contributed by atoms with van der Waals surface area (Å²) in [7, 11) is 0. The molecule has 0 aliphatic rings. The minimum atomic E-state index is -0.347. The molecule has 0 unspecified atom stereocenters. The van der Waals surface area contributed by atoms with Crippen LogP contribution in [0.5, 0.6) is 0 Å². The van der Waals surface area contributed by atoms with Crippen LogP contribution in [0.2, 0.25) is 5.15 Å². The fourth-order valence-corrected chi connectivity index (χ4v) is 1.79. The second-order valence-corrected chi connectivity index (χ2v) is 4.24. The van der Waals surface area contributed by atoms with Crippen molar-refractivity contribution in [2.45, 2.75) is 6.92 Å². The van der Waals surface area contributed by atoms with Crippen LogP contribution < -0.4 is 0 Å². The van der Waals surface area contributed by atoms with E-state index in [4.69, 9.17) is 11.6 Å². The van der Waals surface area contributed by atoms with Crippen LogP contribution in [0.3, 0.4) is 0 Å². The Bertz CT molecular complexity index is 738. The normalized spacial score (nSPS) is 11.1. The molecular formula is C12H8ClFN4. The van der Waals surface area contributed by atoms with Crippen LogP contribution in [0.15, 0.2) is 30.7 Å². The highest BCUT2D eigenvalue weighted by Crippen LogP contribution is 2.20. The van der Waals surface area contributed by atoms with Gasteiger partial charge in [0, 0.05) is 18.0 Å². The zero-order chi connectivity index (χ0) is 12.7. The standard InChI is InChI=1S/C12H8ClFN4/c1-7-4-16-12(17-11(7)13)9-5-15-10-3-2-8(14)6-18(9)10/h2-6H,1H3. The zero-order valence-electron chi connectivity index (χ0n) is 9.43. The number of aromatic nitrogens is 4. The molecule has 0 N–H and O–H groups in total. The molecule has 0 amide bonds. The number of aryl methyl sites for hydroxylation is 1. The molecule has 0 radical (unpaired) electrons. The third kappa shape index (κ3) is 1.73. The summed E-state index contributed by atoms with van der Waals surface area (Å²) in [4.78, 5) is 12.5. The van der Waals surface area contributed by atoms with Gasteiger partial charge in [0.2, 0.25) is 0 Å². The highest BCUT2D eigenvalue weighted by atomic mass is 35.5. The number of nitrogens with zero attached hydrogens (tertiary/aromatic N) is 4. The Morgan fingerprint density at radius 2 is 2.06 bits per heavy atom. The first-order valence-corrected chi connectivity index (χ1v) is 5.65. The van der Waals surface area contributed by atoms with Gasteiger partial charge < -0.3 is 0 Å². The fourth-order valence-electron chi connectivity index (χ4n) is 1.66. The van der Waals surface area contributed by atoms with Crippen LogP contribution in [0.4, 0.5) is 4.39 Å². The minimum Gasteiger partial charge on any atom is -0.294 e. The second kappa shape index (κ2) is 4.03. The Hall–Kier alpha value is -2.01. The Kier molecular flexibility index (Phi) is 2.48. The van der Waals surface area contributed by atoms with Crippen molar-refractivity contribution in [1.82, 2.24) is 19.4 Å². The minimum absolute atomic E-state index is 0.347. The van der Waals surface area contributed by atoms with E-state index in [-0.39, 0.29) is 5.82 Å². The molecule has 0 aromatic carbocycles. The quantitative estimate of drug-likeness (QED) is 0.634. The summed E-state index contributed by atoms with van der Waals surface area (Å²) in [6.45, 7) is 1.82. The SMILES string of the molecule is Cc1cnc(-c2cnc3ccc(F)cn23)nc1Cl. The van der Waals surface area contributed by atoms with Crippen LogP contribution >= 0.6 is 11.6 Å². The molecule has 3 aromatic rings. The average Bonchev–Trinajstić information content (AvgIpc) is 2.75. The van der Waals surface area contributed by atoms with Gasteiger partial charge in [-0.15, -0.1) is 0 Å². The van der Waals surface area contributed by atoms with Crippen molar-refractivity contribution < 1.29 is 4.39 Å². The van der Waals surface area contributed by atoms with Gasteiger partial charge in [0.15, 0.2) is 5.82 Å². The van der Waals surface area contributed by atoms with Crippen molar-refractivity contribution >= 4 is 17.2 Å². The monoisotopic (exact) mass is 262 g/mol. The van der Waals surface area contributed by atoms with Gasteiger partial charge in [-0.2, -0.15) is 0 Å². The van der Waals surface area contributed by atoms with Crippen LogP contribution in [0.25, 0.3) is 17.2 Å². The zero-order valence-corrected chi connectivity index (χ0v) is 10.2. The van der Waals surface area contributed by atoms with Gasteiger partial charge in [-0.3, -0.25) is 4.40 Å². The molecule has 3 rings (SSSR count). The summed E-state index contributed by atoms with van der Waals surface area (Å²) in [6, 6.07) is 2.95. The van der Waals surface area contributed by atoms with Gasteiger partial charge in [0.25, 0.3) is 0 Å². The molecule has 0 bridgehead atoms. The van der Waals surface area contributed by atoms with Gasteiger partial charge in [0.05, 0.1) is 6.20 Å². The van der Waals surface area contributed by atoms with E-state index in [1.165, 1.54) is 12.3 Å². The lowest BCUT2D eigenvalue weighted by molar-refractivity contribution is 0.619. The Morgan fingerprint density at radius 1 is 1.22 bits per heavy atom. The first kappa shape index (κ1) is 11.1. The molecule has 0 saturated heterocycles.